The summed E-state index contributed by atoms with van der Waals surface area (Å²) in [6.45, 7) is 1.62. The van der Waals surface area contributed by atoms with Crippen LogP contribution >= 0.6 is 0 Å². The Kier molecular flexibility index (Phi) is 5.25. The first-order valence-corrected chi connectivity index (χ1v) is 14.5. The van der Waals surface area contributed by atoms with Gasteiger partial charge in [-0.2, -0.15) is 4.31 Å². The van der Waals surface area contributed by atoms with Crippen molar-refractivity contribution >= 4 is 35.6 Å². The maximum absolute atomic E-state index is 13.5. The molecule has 0 aliphatic carbocycles. The molecule has 0 spiro atoms. The Morgan fingerprint density at radius 1 is 1.00 bits per heavy atom. The Labute approximate surface area is 175 Å². The first kappa shape index (κ1) is 21.7. The van der Waals surface area contributed by atoms with Gasteiger partial charge in [-0.25, -0.2) is 25.3 Å². The number of rotatable bonds is 4. The van der Waals surface area contributed by atoms with E-state index < -0.39 is 53.9 Å². The van der Waals surface area contributed by atoms with Crippen molar-refractivity contribution in [2.24, 2.45) is 0 Å². The highest BCUT2D eigenvalue weighted by molar-refractivity contribution is 7.92. The third kappa shape index (κ3) is 4.00. The van der Waals surface area contributed by atoms with E-state index in [2.05, 4.69) is 10.6 Å². The highest BCUT2D eigenvalue weighted by atomic mass is 32.2. The molecule has 166 valence electrons. The highest BCUT2D eigenvalue weighted by Crippen LogP contribution is 2.35. The lowest BCUT2D eigenvalue weighted by molar-refractivity contribution is -0.119. The van der Waals surface area contributed by atoms with Crippen molar-refractivity contribution in [2.75, 3.05) is 23.0 Å². The summed E-state index contributed by atoms with van der Waals surface area (Å²) in [6, 6.07) is 2.93. The molecule has 13 heteroatoms. The molecule has 3 heterocycles. The van der Waals surface area contributed by atoms with E-state index in [-0.39, 0.29) is 40.4 Å². The molecular formula is C17H23N3O7S3. The zero-order chi connectivity index (χ0) is 21.9. The fourth-order valence-electron chi connectivity index (χ4n) is 4.48. The largest absolute Gasteiger partial charge is 0.352 e. The van der Waals surface area contributed by atoms with E-state index in [0.717, 1.165) is 4.31 Å². The molecule has 1 aromatic rings. The number of fused-ring (bicyclic) bond motifs is 2. The summed E-state index contributed by atoms with van der Waals surface area (Å²) in [5, 5.41) is 5.70. The highest BCUT2D eigenvalue weighted by Gasteiger charge is 2.57. The molecular weight excluding hydrogens is 454 g/mol. The Hall–Kier alpha value is -1.54. The second-order valence-electron chi connectivity index (χ2n) is 8.06. The van der Waals surface area contributed by atoms with E-state index in [1.807, 2.05) is 0 Å². The number of nitrogens with one attached hydrogen (secondary N) is 2. The smallest absolute Gasteiger partial charge is 0.243 e. The van der Waals surface area contributed by atoms with E-state index >= 15 is 0 Å². The average molecular weight is 478 g/mol. The molecule has 1 aromatic carbocycles. The number of amides is 1. The zero-order valence-electron chi connectivity index (χ0n) is 16.2. The number of sulfone groups is 2. The SMILES string of the molecule is CC(=O)NCc1ccc(S(=O)(=O)N2[C@@H]3CS(=O)(=O)C[C@@H]3N[C@@H]3CS(=O)(=O)C[C@H]32)cc1. The van der Waals surface area contributed by atoms with Crippen molar-refractivity contribution in [3.05, 3.63) is 29.8 Å². The number of piperazine rings is 1. The molecule has 0 radical (unpaired) electrons. The summed E-state index contributed by atoms with van der Waals surface area (Å²) >= 11 is 0. The van der Waals surface area contributed by atoms with Crippen LogP contribution in [0.1, 0.15) is 12.5 Å². The molecule has 0 bridgehead atoms. The van der Waals surface area contributed by atoms with Crippen LogP contribution < -0.4 is 10.6 Å². The average Bonchev–Trinajstić information content (AvgIpc) is 3.09. The molecule has 3 fully saturated rings. The molecule has 4 rings (SSSR count). The summed E-state index contributed by atoms with van der Waals surface area (Å²) in [5.74, 6) is -1.33. The monoisotopic (exact) mass is 477 g/mol. The van der Waals surface area contributed by atoms with Gasteiger partial charge in [0.15, 0.2) is 19.7 Å². The normalized spacial score (nSPS) is 32.3. The van der Waals surface area contributed by atoms with E-state index in [4.69, 9.17) is 0 Å². The van der Waals surface area contributed by atoms with Crippen LogP contribution in [-0.2, 0) is 41.0 Å². The Morgan fingerprint density at radius 2 is 1.50 bits per heavy atom. The van der Waals surface area contributed by atoms with E-state index in [9.17, 15) is 30.0 Å². The molecule has 30 heavy (non-hydrogen) atoms. The molecule has 2 N–H and O–H groups in total. The lowest BCUT2D eigenvalue weighted by Crippen LogP contribution is -2.67. The van der Waals surface area contributed by atoms with Crippen molar-refractivity contribution in [2.45, 2.75) is 42.5 Å². The molecule has 0 unspecified atom stereocenters. The summed E-state index contributed by atoms with van der Waals surface area (Å²) in [5.41, 5.74) is 0.701. The molecule has 3 aliphatic heterocycles. The van der Waals surface area contributed by atoms with Crippen LogP contribution in [0.15, 0.2) is 29.2 Å². The summed E-state index contributed by atoms with van der Waals surface area (Å²) in [4.78, 5) is 11.0. The van der Waals surface area contributed by atoms with Crippen LogP contribution in [0.3, 0.4) is 0 Å². The number of sulfonamides is 1. The summed E-state index contributed by atoms with van der Waals surface area (Å²) < 4.78 is 77.0. The maximum Gasteiger partial charge on any atom is 0.243 e. The predicted octanol–water partition coefficient (Wildman–Crippen LogP) is -1.75. The lowest BCUT2D eigenvalue weighted by Gasteiger charge is -2.43. The van der Waals surface area contributed by atoms with Gasteiger partial charge in [0.1, 0.15) is 0 Å². The van der Waals surface area contributed by atoms with Crippen LogP contribution in [0.4, 0.5) is 0 Å². The predicted molar refractivity (Wildman–Crippen MR) is 109 cm³/mol. The van der Waals surface area contributed by atoms with Crippen molar-refractivity contribution in [1.82, 2.24) is 14.9 Å². The first-order chi connectivity index (χ1) is 13.9. The van der Waals surface area contributed by atoms with E-state index in [1.165, 1.54) is 19.1 Å². The Bertz CT molecular complexity index is 1130. The number of benzene rings is 1. The Balaban J connectivity index is 1.70. The van der Waals surface area contributed by atoms with Gasteiger partial charge in [-0.3, -0.25) is 4.79 Å². The van der Waals surface area contributed by atoms with Gasteiger partial charge >= 0.3 is 0 Å². The molecule has 0 aromatic heterocycles. The first-order valence-electron chi connectivity index (χ1n) is 9.42. The molecule has 0 saturated carbocycles. The van der Waals surface area contributed by atoms with E-state index in [0.29, 0.717) is 5.56 Å². The third-order valence-electron chi connectivity index (χ3n) is 5.77. The second kappa shape index (κ2) is 7.26. The zero-order valence-corrected chi connectivity index (χ0v) is 18.6. The molecule has 1 amide bonds. The number of carbonyl (C=O) groups is 1. The van der Waals surface area contributed by atoms with Gasteiger partial charge < -0.3 is 10.6 Å². The van der Waals surface area contributed by atoms with Gasteiger partial charge in [-0.1, -0.05) is 12.1 Å². The van der Waals surface area contributed by atoms with Crippen molar-refractivity contribution in [3.63, 3.8) is 0 Å². The van der Waals surface area contributed by atoms with Crippen LogP contribution in [0.5, 0.6) is 0 Å². The van der Waals surface area contributed by atoms with Crippen LogP contribution in [0.2, 0.25) is 0 Å². The van der Waals surface area contributed by atoms with E-state index in [1.54, 1.807) is 12.1 Å². The van der Waals surface area contributed by atoms with Gasteiger partial charge in [-0.15, -0.1) is 0 Å². The van der Waals surface area contributed by atoms with Gasteiger partial charge in [0.25, 0.3) is 0 Å². The van der Waals surface area contributed by atoms with Crippen LogP contribution in [0, 0.1) is 0 Å². The quantitative estimate of drug-likeness (QED) is 0.519. The van der Waals surface area contributed by atoms with Crippen LogP contribution in [-0.4, -0.2) is 82.6 Å². The fraction of sp³-hybridized carbons (Fsp3) is 0.588. The molecule has 4 atom stereocenters. The Morgan fingerprint density at radius 3 is 1.97 bits per heavy atom. The van der Waals surface area contributed by atoms with Gasteiger partial charge in [-0.05, 0) is 17.7 Å². The van der Waals surface area contributed by atoms with Gasteiger partial charge in [0.05, 0.1) is 40.0 Å². The third-order valence-corrected chi connectivity index (χ3v) is 11.2. The van der Waals surface area contributed by atoms with Gasteiger partial charge in [0.2, 0.25) is 15.9 Å². The second-order valence-corrected chi connectivity index (χ2v) is 14.2. The lowest BCUT2D eigenvalue weighted by atomic mass is 10.0. The summed E-state index contributed by atoms with van der Waals surface area (Å²) in [7, 11) is -11.0. The fourth-order valence-corrected chi connectivity index (χ4v) is 10.4. The minimum Gasteiger partial charge on any atom is -0.352 e. The van der Waals surface area contributed by atoms with Crippen molar-refractivity contribution in [1.29, 1.82) is 0 Å². The topological polar surface area (TPSA) is 147 Å². The van der Waals surface area contributed by atoms with Crippen LogP contribution in [0.25, 0.3) is 0 Å². The molecule has 10 nitrogen and oxygen atoms in total. The minimum atomic E-state index is -4.14. The standard InChI is InChI=1S/C17H23N3O7S3/c1-11(21)18-6-12-2-4-13(5-3-12)30(26,27)20-16-9-28(22,23)7-14(16)19-15-8-29(24,25)10-17(15)20/h2-5,14-17,19H,6-10H2,1H3,(H,18,21)/t14-,15+,16-,17-/m1/s1. The summed E-state index contributed by atoms with van der Waals surface area (Å²) in [6.07, 6.45) is 0. The number of carbonyl (C=O) groups excluding carboxylic acids is 1. The van der Waals surface area contributed by atoms with Gasteiger partial charge in [0, 0.05) is 25.6 Å². The maximum atomic E-state index is 13.5. The van der Waals surface area contributed by atoms with Crippen molar-refractivity contribution < 1.29 is 30.0 Å². The number of hydrogen-bond donors (Lipinski definition) is 2. The molecule has 3 aliphatic rings. The number of nitrogens with zero attached hydrogens (tertiary/aromatic N) is 1. The van der Waals surface area contributed by atoms with Crippen molar-refractivity contribution in [3.8, 4) is 0 Å². The number of hydrogen-bond acceptors (Lipinski definition) is 8. The molecule has 3 saturated heterocycles. The minimum absolute atomic E-state index is 0.0397.